The van der Waals surface area contributed by atoms with Crippen molar-refractivity contribution in [3.8, 4) is 55.6 Å². The molecule has 10 aromatic rings. The minimum atomic E-state index is 0.898. The average Bonchev–Trinajstić information content (AvgIpc) is 3.66. The number of para-hydroxylation sites is 1. The van der Waals surface area contributed by atoms with E-state index in [0.29, 0.717) is 0 Å². The predicted molar refractivity (Wildman–Crippen MR) is 236 cm³/mol. The predicted octanol–water partition coefficient (Wildman–Crippen LogP) is 15.4. The van der Waals surface area contributed by atoms with Gasteiger partial charge in [0.25, 0.3) is 0 Å². The van der Waals surface area contributed by atoms with Gasteiger partial charge in [-0.25, -0.2) is 0 Å². The second kappa shape index (κ2) is 14.4. The second-order valence-electron chi connectivity index (χ2n) is 14.1. The number of nitrogens with zero attached hydrogens (tertiary/aromatic N) is 1. The summed E-state index contributed by atoms with van der Waals surface area (Å²) in [4.78, 5) is 2.37. The van der Waals surface area contributed by atoms with E-state index >= 15 is 0 Å². The summed E-state index contributed by atoms with van der Waals surface area (Å²) in [5.41, 5.74) is 16.8. The maximum absolute atomic E-state index is 6.25. The zero-order valence-corrected chi connectivity index (χ0v) is 30.7. The van der Waals surface area contributed by atoms with Crippen molar-refractivity contribution in [1.29, 1.82) is 0 Å². The number of anilines is 3. The topological polar surface area (TPSA) is 16.4 Å². The summed E-state index contributed by atoms with van der Waals surface area (Å²) < 4.78 is 6.25. The molecule has 0 saturated carbocycles. The first-order valence-corrected chi connectivity index (χ1v) is 19.1. The highest BCUT2D eigenvalue weighted by atomic mass is 16.3. The standard InChI is InChI=1S/C54H37NO/c1-3-15-39(16-4-1)47-23-7-9-25-49(47)42-19-13-21-45(35-42)55(46-22-14-20-43(36-46)50-26-10-8-24-48(50)40-17-5-2-6-18-40)44-32-29-38(30-33-44)41-31-34-52-51-27-11-12-28-53(51)56-54(52)37-41/h1-37H. The summed E-state index contributed by atoms with van der Waals surface area (Å²) in [7, 11) is 0. The summed E-state index contributed by atoms with van der Waals surface area (Å²) in [5, 5.41) is 2.27. The molecular weight excluding hydrogens is 679 g/mol. The molecule has 2 nitrogen and oxygen atoms in total. The second-order valence-corrected chi connectivity index (χ2v) is 14.1. The molecule has 0 amide bonds. The van der Waals surface area contributed by atoms with Crippen LogP contribution in [0.5, 0.6) is 0 Å². The first-order valence-electron chi connectivity index (χ1n) is 19.1. The van der Waals surface area contributed by atoms with E-state index in [1.807, 2.05) is 12.1 Å². The molecule has 1 heterocycles. The van der Waals surface area contributed by atoms with Crippen LogP contribution < -0.4 is 4.90 Å². The fourth-order valence-electron chi connectivity index (χ4n) is 7.99. The Morgan fingerprint density at radius 1 is 0.250 bits per heavy atom. The zero-order chi connectivity index (χ0) is 37.3. The van der Waals surface area contributed by atoms with E-state index < -0.39 is 0 Å². The normalized spacial score (nSPS) is 11.2. The van der Waals surface area contributed by atoms with Crippen LogP contribution in [0.2, 0.25) is 0 Å². The first kappa shape index (κ1) is 33.2. The number of fused-ring (bicyclic) bond motifs is 3. The van der Waals surface area contributed by atoms with Crippen LogP contribution in [0, 0.1) is 0 Å². The number of furan rings is 1. The van der Waals surface area contributed by atoms with E-state index in [0.717, 1.165) is 61.3 Å². The molecule has 0 N–H and O–H groups in total. The van der Waals surface area contributed by atoms with Gasteiger partial charge in [-0.05, 0) is 110 Å². The molecule has 0 spiro atoms. The van der Waals surface area contributed by atoms with E-state index in [1.54, 1.807) is 0 Å². The van der Waals surface area contributed by atoms with Gasteiger partial charge in [0.1, 0.15) is 11.2 Å². The van der Waals surface area contributed by atoms with Gasteiger partial charge in [-0.2, -0.15) is 0 Å². The van der Waals surface area contributed by atoms with Crippen LogP contribution in [0.25, 0.3) is 77.6 Å². The van der Waals surface area contributed by atoms with E-state index in [2.05, 4.69) is 217 Å². The molecule has 0 fully saturated rings. The van der Waals surface area contributed by atoms with Gasteiger partial charge in [0.2, 0.25) is 0 Å². The maximum Gasteiger partial charge on any atom is 0.136 e. The monoisotopic (exact) mass is 715 g/mol. The van der Waals surface area contributed by atoms with Crippen LogP contribution in [0.4, 0.5) is 17.1 Å². The minimum absolute atomic E-state index is 0.898. The minimum Gasteiger partial charge on any atom is -0.456 e. The molecule has 0 saturated heterocycles. The fraction of sp³-hybridized carbons (Fsp3) is 0. The molecule has 9 aromatic carbocycles. The van der Waals surface area contributed by atoms with Gasteiger partial charge in [-0.15, -0.1) is 0 Å². The molecule has 1 aromatic heterocycles. The third-order valence-electron chi connectivity index (χ3n) is 10.7. The number of hydrogen-bond acceptors (Lipinski definition) is 2. The lowest BCUT2D eigenvalue weighted by molar-refractivity contribution is 0.669. The maximum atomic E-state index is 6.25. The lowest BCUT2D eigenvalue weighted by Gasteiger charge is -2.27. The van der Waals surface area contributed by atoms with Crippen molar-refractivity contribution in [1.82, 2.24) is 0 Å². The van der Waals surface area contributed by atoms with E-state index in [9.17, 15) is 0 Å². The third kappa shape index (κ3) is 6.24. The summed E-state index contributed by atoms with van der Waals surface area (Å²) >= 11 is 0. The molecule has 56 heavy (non-hydrogen) atoms. The molecule has 10 rings (SSSR count). The molecule has 2 heteroatoms. The number of benzene rings is 9. The van der Waals surface area contributed by atoms with Crippen LogP contribution in [-0.4, -0.2) is 0 Å². The quantitative estimate of drug-likeness (QED) is 0.156. The summed E-state index contributed by atoms with van der Waals surface area (Å²) in [5.74, 6) is 0. The fourth-order valence-corrected chi connectivity index (χ4v) is 7.99. The van der Waals surface area contributed by atoms with Gasteiger partial charge in [0, 0.05) is 27.8 Å². The van der Waals surface area contributed by atoms with E-state index in [-0.39, 0.29) is 0 Å². The van der Waals surface area contributed by atoms with Gasteiger partial charge < -0.3 is 9.32 Å². The molecule has 0 radical (unpaired) electrons. The molecule has 0 atom stereocenters. The Kier molecular flexibility index (Phi) is 8.55. The van der Waals surface area contributed by atoms with Crippen LogP contribution in [0.3, 0.4) is 0 Å². The van der Waals surface area contributed by atoms with Crippen molar-refractivity contribution in [3.63, 3.8) is 0 Å². The van der Waals surface area contributed by atoms with Crippen molar-refractivity contribution >= 4 is 39.0 Å². The van der Waals surface area contributed by atoms with Crippen LogP contribution in [-0.2, 0) is 0 Å². The largest absolute Gasteiger partial charge is 0.456 e. The Morgan fingerprint density at radius 2 is 0.696 bits per heavy atom. The van der Waals surface area contributed by atoms with Gasteiger partial charge >= 0.3 is 0 Å². The van der Waals surface area contributed by atoms with Crippen LogP contribution in [0.1, 0.15) is 0 Å². The summed E-state index contributed by atoms with van der Waals surface area (Å²) in [6.45, 7) is 0. The van der Waals surface area contributed by atoms with Gasteiger partial charge in [0.15, 0.2) is 0 Å². The highest BCUT2D eigenvalue weighted by Gasteiger charge is 2.17. The Bertz CT molecular complexity index is 2830. The van der Waals surface area contributed by atoms with Crippen molar-refractivity contribution < 1.29 is 4.42 Å². The summed E-state index contributed by atoms with van der Waals surface area (Å²) in [6.07, 6.45) is 0. The third-order valence-corrected chi connectivity index (χ3v) is 10.7. The number of hydrogen-bond donors (Lipinski definition) is 0. The van der Waals surface area contributed by atoms with Crippen LogP contribution in [0.15, 0.2) is 229 Å². The highest BCUT2D eigenvalue weighted by Crippen LogP contribution is 2.42. The van der Waals surface area contributed by atoms with Gasteiger partial charge in [-0.3, -0.25) is 0 Å². The Hall–Kier alpha value is -7.42. The smallest absolute Gasteiger partial charge is 0.136 e. The Morgan fingerprint density at radius 3 is 1.27 bits per heavy atom. The van der Waals surface area contributed by atoms with Gasteiger partial charge in [-0.1, -0.05) is 170 Å². The first-order chi connectivity index (χ1) is 27.8. The number of rotatable bonds is 8. The lowest BCUT2D eigenvalue weighted by Crippen LogP contribution is -2.10. The van der Waals surface area contributed by atoms with E-state index in [1.165, 1.54) is 33.4 Å². The molecule has 264 valence electrons. The lowest BCUT2D eigenvalue weighted by atomic mass is 9.93. The average molecular weight is 716 g/mol. The van der Waals surface area contributed by atoms with Crippen molar-refractivity contribution in [3.05, 3.63) is 224 Å². The van der Waals surface area contributed by atoms with Crippen molar-refractivity contribution in [2.24, 2.45) is 0 Å². The molecule has 0 aliphatic rings. The molecular formula is C54H37NO. The molecule has 0 unspecified atom stereocenters. The Balaban J connectivity index is 1.09. The van der Waals surface area contributed by atoms with Gasteiger partial charge in [0.05, 0.1) is 0 Å². The SMILES string of the molecule is c1ccc(-c2ccccc2-c2cccc(N(c3ccc(-c4ccc5c(c4)oc4ccccc45)cc3)c3cccc(-c4ccccc4-c4ccccc4)c3)c2)cc1. The highest BCUT2D eigenvalue weighted by molar-refractivity contribution is 6.06. The van der Waals surface area contributed by atoms with E-state index in [4.69, 9.17) is 4.42 Å². The molecule has 0 aliphatic carbocycles. The Labute approximate surface area is 327 Å². The molecule has 0 aliphatic heterocycles. The van der Waals surface area contributed by atoms with Crippen molar-refractivity contribution in [2.75, 3.05) is 4.90 Å². The van der Waals surface area contributed by atoms with Crippen LogP contribution >= 0.6 is 0 Å². The van der Waals surface area contributed by atoms with Crippen molar-refractivity contribution in [2.45, 2.75) is 0 Å². The molecule has 0 bridgehead atoms. The summed E-state index contributed by atoms with van der Waals surface area (Å²) in [6, 6.07) is 80.1. The zero-order valence-electron chi connectivity index (χ0n) is 30.7.